The highest BCUT2D eigenvalue weighted by Crippen LogP contribution is 2.30. The van der Waals surface area contributed by atoms with Crippen molar-refractivity contribution in [3.63, 3.8) is 0 Å². The highest BCUT2D eigenvalue weighted by Gasteiger charge is 2.24. The fraction of sp³-hybridized carbons (Fsp3) is 0.611. The van der Waals surface area contributed by atoms with Crippen molar-refractivity contribution in [2.45, 2.75) is 32.6 Å². The van der Waals surface area contributed by atoms with E-state index in [0.29, 0.717) is 23.6 Å². The first-order chi connectivity index (χ1) is 11.2. The summed E-state index contributed by atoms with van der Waals surface area (Å²) in [4.78, 5) is 14.6. The van der Waals surface area contributed by atoms with E-state index in [1.807, 2.05) is 12.1 Å². The van der Waals surface area contributed by atoms with Crippen LogP contribution < -0.4 is 14.8 Å². The number of methoxy groups -OCH3 is 2. The Morgan fingerprint density at radius 1 is 1.26 bits per heavy atom. The summed E-state index contributed by atoms with van der Waals surface area (Å²) >= 11 is 0. The van der Waals surface area contributed by atoms with Crippen LogP contribution in [-0.4, -0.2) is 44.7 Å². The summed E-state index contributed by atoms with van der Waals surface area (Å²) in [6.45, 7) is 5.19. The minimum Gasteiger partial charge on any atom is -0.497 e. The zero-order valence-corrected chi connectivity index (χ0v) is 14.4. The summed E-state index contributed by atoms with van der Waals surface area (Å²) in [5.41, 5.74) is 0.683. The molecule has 1 aliphatic carbocycles. The second kappa shape index (κ2) is 8.77. The van der Waals surface area contributed by atoms with Crippen LogP contribution in [0.25, 0.3) is 0 Å². The molecule has 0 aliphatic heterocycles. The van der Waals surface area contributed by atoms with Gasteiger partial charge in [0.1, 0.15) is 11.5 Å². The predicted octanol–water partition coefficient (Wildman–Crippen LogP) is 3.15. The van der Waals surface area contributed by atoms with Gasteiger partial charge in [0.15, 0.2) is 0 Å². The first kappa shape index (κ1) is 17.6. The minimum absolute atomic E-state index is 0.0189. The minimum atomic E-state index is 0.0189. The Morgan fingerprint density at radius 3 is 2.65 bits per heavy atom. The van der Waals surface area contributed by atoms with E-state index in [2.05, 4.69) is 17.1 Å². The van der Waals surface area contributed by atoms with Crippen molar-refractivity contribution in [2.75, 3.05) is 39.2 Å². The molecule has 0 heterocycles. The number of hydrogen-bond donors (Lipinski definition) is 1. The van der Waals surface area contributed by atoms with E-state index >= 15 is 0 Å². The van der Waals surface area contributed by atoms with Gasteiger partial charge in [-0.15, -0.1) is 0 Å². The molecule has 5 nitrogen and oxygen atoms in total. The first-order valence-electron chi connectivity index (χ1n) is 8.40. The van der Waals surface area contributed by atoms with Gasteiger partial charge in [0.05, 0.1) is 19.9 Å². The number of ether oxygens (including phenoxy) is 2. The van der Waals surface area contributed by atoms with Crippen molar-refractivity contribution in [3.8, 4) is 11.5 Å². The fourth-order valence-electron chi connectivity index (χ4n) is 2.65. The number of nitrogens with one attached hydrogen (secondary N) is 1. The van der Waals surface area contributed by atoms with E-state index in [4.69, 9.17) is 9.47 Å². The van der Waals surface area contributed by atoms with Gasteiger partial charge in [-0.25, -0.2) is 0 Å². The molecule has 1 amide bonds. The lowest BCUT2D eigenvalue weighted by atomic mass is 10.2. The van der Waals surface area contributed by atoms with Crippen molar-refractivity contribution in [1.29, 1.82) is 0 Å². The average molecular weight is 320 g/mol. The molecule has 1 aromatic carbocycles. The lowest BCUT2D eigenvalue weighted by molar-refractivity contribution is -0.116. The van der Waals surface area contributed by atoms with Gasteiger partial charge < -0.3 is 19.7 Å². The Labute approximate surface area is 139 Å². The molecule has 0 aromatic heterocycles. The molecule has 1 N–H and O–H groups in total. The third-order valence-corrected chi connectivity index (χ3v) is 4.09. The van der Waals surface area contributed by atoms with E-state index in [1.165, 1.54) is 12.8 Å². The van der Waals surface area contributed by atoms with Gasteiger partial charge in [-0.2, -0.15) is 0 Å². The van der Waals surface area contributed by atoms with Crippen molar-refractivity contribution in [1.82, 2.24) is 4.90 Å². The van der Waals surface area contributed by atoms with Gasteiger partial charge in [0.25, 0.3) is 0 Å². The number of anilines is 1. The van der Waals surface area contributed by atoms with Gasteiger partial charge >= 0.3 is 0 Å². The fourth-order valence-corrected chi connectivity index (χ4v) is 2.65. The van der Waals surface area contributed by atoms with Gasteiger partial charge in [-0.1, -0.05) is 6.92 Å². The van der Waals surface area contributed by atoms with Crippen LogP contribution in [0.1, 0.15) is 32.6 Å². The van der Waals surface area contributed by atoms with E-state index in [1.54, 1.807) is 20.3 Å². The van der Waals surface area contributed by atoms with Crippen LogP contribution in [-0.2, 0) is 4.79 Å². The number of rotatable bonds is 10. The molecule has 23 heavy (non-hydrogen) atoms. The largest absolute Gasteiger partial charge is 0.497 e. The molecule has 0 radical (unpaired) electrons. The Hall–Kier alpha value is -1.75. The monoisotopic (exact) mass is 320 g/mol. The maximum absolute atomic E-state index is 12.2. The number of benzene rings is 1. The summed E-state index contributed by atoms with van der Waals surface area (Å²) in [6, 6.07) is 5.39. The Balaban J connectivity index is 1.85. The number of amides is 1. The molecule has 0 unspecified atom stereocenters. The lowest BCUT2D eigenvalue weighted by Crippen LogP contribution is -2.30. The van der Waals surface area contributed by atoms with Gasteiger partial charge in [-0.05, 0) is 43.9 Å². The van der Waals surface area contributed by atoms with E-state index in [9.17, 15) is 4.79 Å². The normalized spacial score (nSPS) is 13.9. The van der Waals surface area contributed by atoms with Crippen molar-refractivity contribution < 1.29 is 14.3 Å². The summed E-state index contributed by atoms with van der Waals surface area (Å²) in [6.07, 6.45) is 4.31. The van der Waals surface area contributed by atoms with Gasteiger partial charge in [0.2, 0.25) is 5.91 Å². The molecule has 2 rings (SSSR count). The molecule has 1 fully saturated rings. The highest BCUT2D eigenvalue weighted by atomic mass is 16.5. The van der Waals surface area contributed by atoms with Crippen LogP contribution in [0.3, 0.4) is 0 Å². The molecule has 1 saturated carbocycles. The number of hydrogen-bond acceptors (Lipinski definition) is 4. The zero-order chi connectivity index (χ0) is 16.7. The molecule has 0 spiro atoms. The highest BCUT2D eigenvalue weighted by molar-refractivity contribution is 5.92. The van der Waals surface area contributed by atoms with Crippen molar-refractivity contribution >= 4 is 11.6 Å². The summed E-state index contributed by atoms with van der Waals surface area (Å²) < 4.78 is 10.5. The smallest absolute Gasteiger partial charge is 0.225 e. The maximum atomic E-state index is 12.2. The Morgan fingerprint density at radius 2 is 2.04 bits per heavy atom. The molecule has 128 valence electrons. The molecular weight excluding hydrogens is 292 g/mol. The van der Waals surface area contributed by atoms with Crippen LogP contribution in [0.5, 0.6) is 11.5 Å². The third kappa shape index (κ3) is 5.75. The topological polar surface area (TPSA) is 50.8 Å². The van der Waals surface area contributed by atoms with Crippen LogP contribution in [0.2, 0.25) is 0 Å². The summed E-state index contributed by atoms with van der Waals surface area (Å²) in [5.74, 6) is 2.19. The van der Waals surface area contributed by atoms with Crippen molar-refractivity contribution in [3.05, 3.63) is 18.2 Å². The summed E-state index contributed by atoms with van der Waals surface area (Å²) in [5, 5.41) is 2.93. The number of nitrogens with zero attached hydrogens (tertiary/aromatic N) is 1. The van der Waals surface area contributed by atoms with Crippen molar-refractivity contribution in [2.24, 2.45) is 5.92 Å². The Bertz CT molecular complexity index is 515. The van der Waals surface area contributed by atoms with E-state index in [-0.39, 0.29) is 5.91 Å². The zero-order valence-electron chi connectivity index (χ0n) is 14.4. The Kier molecular flexibility index (Phi) is 6.71. The van der Waals surface area contributed by atoms with Crippen LogP contribution in [0.4, 0.5) is 5.69 Å². The van der Waals surface area contributed by atoms with Gasteiger partial charge in [0, 0.05) is 25.6 Å². The quantitative estimate of drug-likeness (QED) is 0.719. The second-order valence-electron chi connectivity index (χ2n) is 6.11. The molecule has 0 saturated heterocycles. The summed E-state index contributed by atoms with van der Waals surface area (Å²) in [7, 11) is 3.19. The first-order valence-corrected chi connectivity index (χ1v) is 8.40. The molecule has 5 heteroatoms. The number of carbonyl (C=O) groups excluding carboxylic acids is 1. The van der Waals surface area contributed by atoms with Gasteiger partial charge in [-0.3, -0.25) is 4.79 Å². The molecule has 1 aliphatic rings. The van der Waals surface area contributed by atoms with E-state index < -0.39 is 0 Å². The molecule has 0 bridgehead atoms. The van der Waals surface area contributed by atoms with Crippen LogP contribution >= 0.6 is 0 Å². The molecule has 1 aromatic rings. The standard InChI is InChI=1S/C18H28N2O3/c1-4-10-20(13-14-5-6-14)11-9-18(21)19-16-8-7-15(22-2)12-17(16)23-3/h7-8,12,14H,4-6,9-11,13H2,1-3H3,(H,19,21). The maximum Gasteiger partial charge on any atom is 0.225 e. The number of carbonyl (C=O) groups is 1. The van der Waals surface area contributed by atoms with Crippen LogP contribution in [0, 0.1) is 5.92 Å². The third-order valence-electron chi connectivity index (χ3n) is 4.09. The molecule has 0 atom stereocenters. The lowest BCUT2D eigenvalue weighted by Gasteiger charge is -2.21. The van der Waals surface area contributed by atoms with Crippen LogP contribution in [0.15, 0.2) is 18.2 Å². The second-order valence-corrected chi connectivity index (χ2v) is 6.11. The molecular formula is C18H28N2O3. The predicted molar refractivity (Wildman–Crippen MR) is 92.2 cm³/mol. The van der Waals surface area contributed by atoms with E-state index in [0.717, 1.165) is 32.0 Å². The SMILES string of the molecule is CCCN(CCC(=O)Nc1ccc(OC)cc1OC)CC1CC1. The average Bonchev–Trinajstić information content (AvgIpc) is 3.37.